The molecule has 0 bridgehead atoms. The number of anilines is 1. The second-order valence-corrected chi connectivity index (χ2v) is 4.75. The van der Waals surface area contributed by atoms with Crippen molar-refractivity contribution in [2.75, 3.05) is 12.4 Å². The average Bonchev–Trinajstić information content (AvgIpc) is 2.54. The quantitative estimate of drug-likeness (QED) is 0.720. The molecule has 0 unspecified atom stereocenters. The minimum absolute atomic E-state index is 0.370. The van der Waals surface area contributed by atoms with Crippen molar-refractivity contribution in [1.29, 1.82) is 0 Å². The monoisotopic (exact) mass is 296 g/mol. The van der Waals surface area contributed by atoms with Gasteiger partial charge in [0, 0.05) is 23.7 Å². The van der Waals surface area contributed by atoms with E-state index in [0.717, 1.165) is 16.9 Å². The maximum atomic E-state index is 12.2. The minimum atomic E-state index is -0.375. The fourth-order valence-electron chi connectivity index (χ4n) is 2.03. The summed E-state index contributed by atoms with van der Waals surface area (Å²) in [5.74, 6) is -0.375. The molecule has 0 amide bonds. The molecule has 3 rings (SSSR count). The molecule has 0 saturated carbocycles. The molecule has 0 aliphatic rings. The van der Waals surface area contributed by atoms with Crippen LogP contribution < -0.4 is 5.32 Å². The van der Waals surface area contributed by atoms with E-state index in [2.05, 4.69) is 22.4 Å². The fourth-order valence-corrected chi connectivity index (χ4v) is 2.03. The number of para-hydroxylation sites is 1. The molecule has 1 heterocycles. The Morgan fingerprint density at radius 1 is 1.09 bits per heavy atom. The number of fused-ring (bicyclic) bond motifs is 1. The van der Waals surface area contributed by atoms with Crippen molar-refractivity contribution < 1.29 is 9.18 Å². The molecule has 0 radical (unpaired) electrons. The van der Waals surface area contributed by atoms with Crippen LogP contribution in [0.5, 0.6) is 0 Å². The van der Waals surface area contributed by atoms with E-state index in [0.29, 0.717) is 11.8 Å². The van der Waals surface area contributed by atoms with E-state index in [-0.39, 0.29) is 5.82 Å². The Bertz CT molecular complexity index is 787. The van der Waals surface area contributed by atoms with Crippen molar-refractivity contribution >= 4 is 22.9 Å². The number of benzene rings is 2. The number of nitrogens with zero attached hydrogens (tertiary/aromatic N) is 1. The summed E-state index contributed by atoms with van der Waals surface area (Å²) in [5.41, 5.74) is 3.55. The highest BCUT2D eigenvalue weighted by Gasteiger charge is 1.99. The molecule has 1 N–H and O–H groups in total. The lowest BCUT2D eigenvalue weighted by Crippen LogP contribution is -1.92. The Labute approximate surface area is 128 Å². The predicted octanol–water partition coefficient (Wildman–Crippen LogP) is 4.22. The summed E-state index contributed by atoms with van der Waals surface area (Å²) in [7, 11) is 1.92. The third kappa shape index (κ3) is 3.88. The van der Waals surface area contributed by atoms with Gasteiger partial charge in [-0.25, -0.2) is 4.39 Å². The summed E-state index contributed by atoms with van der Waals surface area (Å²) in [6.07, 6.45) is 0.614. The number of pyridine rings is 1. The van der Waals surface area contributed by atoms with Crippen molar-refractivity contribution in [2.45, 2.75) is 6.92 Å². The summed E-state index contributed by atoms with van der Waals surface area (Å²) < 4.78 is 12.2. The van der Waals surface area contributed by atoms with Crippen LogP contribution in [0.1, 0.15) is 16.1 Å². The van der Waals surface area contributed by atoms with Crippen molar-refractivity contribution in [3.8, 4) is 0 Å². The van der Waals surface area contributed by atoms with E-state index in [4.69, 9.17) is 0 Å². The van der Waals surface area contributed by atoms with Crippen LogP contribution >= 0.6 is 0 Å². The highest BCUT2D eigenvalue weighted by molar-refractivity contribution is 5.90. The van der Waals surface area contributed by atoms with Gasteiger partial charge in [-0.1, -0.05) is 30.3 Å². The minimum Gasteiger partial charge on any atom is -0.386 e. The van der Waals surface area contributed by atoms with Gasteiger partial charge in [-0.15, -0.1) is 0 Å². The molecule has 1 aromatic heterocycles. The summed E-state index contributed by atoms with van der Waals surface area (Å²) in [5, 5.41) is 4.31. The lowest BCUT2D eigenvalue weighted by Gasteiger charge is -2.04. The molecule has 112 valence electrons. The summed E-state index contributed by atoms with van der Waals surface area (Å²) >= 11 is 0. The van der Waals surface area contributed by atoms with Gasteiger partial charge in [0.1, 0.15) is 12.1 Å². The first-order chi connectivity index (χ1) is 10.6. The molecule has 22 heavy (non-hydrogen) atoms. The van der Waals surface area contributed by atoms with Gasteiger partial charge in [0.2, 0.25) is 0 Å². The zero-order valence-corrected chi connectivity index (χ0v) is 12.5. The van der Waals surface area contributed by atoms with Gasteiger partial charge in [0.05, 0.1) is 11.2 Å². The van der Waals surface area contributed by atoms with Gasteiger partial charge in [-0.3, -0.25) is 9.78 Å². The maximum Gasteiger partial charge on any atom is 0.150 e. The molecule has 0 aliphatic carbocycles. The zero-order chi connectivity index (χ0) is 15.9. The molecular weight excluding hydrogens is 279 g/mol. The van der Waals surface area contributed by atoms with Crippen molar-refractivity contribution in [1.82, 2.24) is 4.98 Å². The van der Waals surface area contributed by atoms with Crippen LogP contribution in [0, 0.1) is 12.7 Å². The van der Waals surface area contributed by atoms with Crippen LogP contribution in [0.4, 0.5) is 10.1 Å². The number of hydrogen-bond donors (Lipinski definition) is 1. The highest BCUT2D eigenvalue weighted by atomic mass is 19.1. The van der Waals surface area contributed by atoms with Crippen LogP contribution in [0.25, 0.3) is 10.9 Å². The molecular formula is C18H17FN2O. The van der Waals surface area contributed by atoms with Crippen molar-refractivity contribution in [2.24, 2.45) is 0 Å². The molecule has 0 atom stereocenters. The largest absolute Gasteiger partial charge is 0.386 e. The molecule has 3 aromatic rings. The van der Waals surface area contributed by atoms with E-state index in [1.807, 2.05) is 32.2 Å². The number of aldehydes is 1. The topological polar surface area (TPSA) is 42.0 Å². The normalized spacial score (nSPS) is 9.77. The molecule has 2 aromatic carbocycles. The Hall–Kier alpha value is -2.75. The van der Waals surface area contributed by atoms with E-state index in [9.17, 15) is 9.18 Å². The summed E-state index contributed by atoms with van der Waals surface area (Å²) in [6, 6.07) is 15.8. The maximum absolute atomic E-state index is 12.2. The molecule has 0 fully saturated rings. The van der Waals surface area contributed by atoms with Gasteiger partial charge in [-0.2, -0.15) is 0 Å². The Morgan fingerprint density at radius 3 is 2.50 bits per heavy atom. The zero-order valence-electron chi connectivity index (χ0n) is 12.5. The predicted molar refractivity (Wildman–Crippen MR) is 87.8 cm³/mol. The Morgan fingerprint density at radius 2 is 1.86 bits per heavy atom. The van der Waals surface area contributed by atoms with Gasteiger partial charge in [0.25, 0.3) is 0 Å². The van der Waals surface area contributed by atoms with Gasteiger partial charge in [-0.05, 0) is 31.2 Å². The highest BCUT2D eigenvalue weighted by Crippen LogP contribution is 2.20. The number of aromatic nitrogens is 1. The van der Waals surface area contributed by atoms with Crippen LogP contribution in [-0.4, -0.2) is 18.3 Å². The number of nitrogens with one attached hydrogen (secondary N) is 1. The first-order valence-electron chi connectivity index (χ1n) is 6.89. The molecule has 4 heteroatoms. The number of aryl methyl sites for hydroxylation is 1. The van der Waals surface area contributed by atoms with Gasteiger partial charge >= 0.3 is 0 Å². The van der Waals surface area contributed by atoms with Crippen molar-refractivity contribution in [3.05, 3.63) is 71.7 Å². The van der Waals surface area contributed by atoms with Crippen LogP contribution in [0.2, 0.25) is 0 Å². The van der Waals surface area contributed by atoms with E-state index in [1.165, 1.54) is 23.6 Å². The number of carbonyl (C=O) groups excluding carboxylic acids is 1. The number of hydrogen-bond acceptors (Lipinski definition) is 3. The molecule has 0 spiro atoms. The first-order valence-corrected chi connectivity index (χ1v) is 6.89. The van der Waals surface area contributed by atoms with Crippen LogP contribution in [0.3, 0.4) is 0 Å². The lowest BCUT2D eigenvalue weighted by atomic mass is 10.2. The molecule has 3 nitrogen and oxygen atoms in total. The number of carbonyl (C=O) groups is 1. The standard InChI is InChI=1S/C11H12N2.C7H5FO/c1-8-6-7-9-4-3-5-10(12-2)11(9)13-8;8-7-3-1-2-6(4-7)5-9/h3-7,12H,1-2H3;1-5H. The molecule has 0 aliphatic heterocycles. The molecule has 0 saturated heterocycles. The number of rotatable bonds is 2. The first kappa shape index (κ1) is 15.6. The SMILES string of the molecule is CNc1cccc2ccc(C)nc12.O=Cc1cccc(F)c1. The summed E-state index contributed by atoms with van der Waals surface area (Å²) in [4.78, 5) is 14.5. The smallest absolute Gasteiger partial charge is 0.150 e. The number of halogens is 1. The Kier molecular flexibility index (Phi) is 5.20. The van der Waals surface area contributed by atoms with E-state index >= 15 is 0 Å². The summed E-state index contributed by atoms with van der Waals surface area (Å²) in [6.45, 7) is 2.01. The lowest BCUT2D eigenvalue weighted by molar-refractivity contribution is 0.112. The third-order valence-electron chi connectivity index (χ3n) is 3.11. The van der Waals surface area contributed by atoms with Gasteiger partial charge in [0.15, 0.2) is 0 Å². The van der Waals surface area contributed by atoms with Gasteiger partial charge < -0.3 is 5.32 Å². The van der Waals surface area contributed by atoms with Crippen LogP contribution in [-0.2, 0) is 0 Å². The Balaban J connectivity index is 0.000000172. The second kappa shape index (κ2) is 7.31. The van der Waals surface area contributed by atoms with Crippen LogP contribution in [0.15, 0.2) is 54.6 Å². The average molecular weight is 296 g/mol. The van der Waals surface area contributed by atoms with Crippen molar-refractivity contribution in [3.63, 3.8) is 0 Å². The fraction of sp³-hybridized carbons (Fsp3) is 0.111. The third-order valence-corrected chi connectivity index (χ3v) is 3.11. The second-order valence-electron chi connectivity index (χ2n) is 4.75. The van der Waals surface area contributed by atoms with E-state index in [1.54, 1.807) is 6.07 Å². The van der Waals surface area contributed by atoms with E-state index < -0.39 is 0 Å².